The number of benzene rings is 2. The molecule has 3 nitrogen and oxygen atoms in total. The van der Waals surface area contributed by atoms with Crippen molar-refractivity contribution in [3.05, 3.63) is 64.1 Å². The van der Waals surface area contributed by atoms with E-state index in [4.69, 9.17) is 4.74 Å². The Kier molecular flexibility index (Phi) is 5.39. The lowest BCUT2D eigenvalue weighted by atomic mass is 9.92. The van der Waals surface area contributed by atoms with E-state index in [0.717, 1.165) is 21.3 Å². The van der Waals surface area contributed by atoms with Crippen molar-refractivity contribution in [1.82, 2.24) is 0 Å². The normalized spacial score (nSPS) is 11.9. The number of methoxy groups -OCH3 is 1. The molecule has 0 aliphatic carbocycles. The topological polar surface area (TPSA) is 46.5 Å². The van der Waals surface area contributed by atoms with Crippen molar-refractivity contribution >= 4 is 21.9 Å². The van der Waals surface area contributed by atoms with E-state index in [9.17, 15) is 9.90 Å². The second kappa shape index (κ2) is 7.27. The molecule has 110 valence electrons. The van der Waals surface area contributed by atoms with Crippen LogP contribution in [0, 0.1) is 5.92 Å². The predicted octanol–water partition coefficient (Wildman–Crippen LogP) is 3.94. The Morgan fingerprint density at radius 3 is 1.95 bits per heavy atom. The molecule has 0 saturated carbocycles. The number of rotatable bonds is 6. The number of carbonyl (C=O) groups is 1. The SMILES string of the molecule is COc1ccc(CC(Cc2ccc(Br)cc2)C(=O)O)cc1. The zero-order valence-corrected chi connectivity index (χ0v) is 13.3. The van der Waals surface area contributed by atoms with Gasteiger partial charge < -0.3 is 9.84 Å². The molecule has 0 aromatic heterocycles. The number of hydrogen-bond acceptors (Lipinski definition) is 2. The van der Waals surface area contributed by atoms with Crippen LogP contribution in [0.4, 0.5) is 0 Å². The van der Waals surface area contributed by atoms with Gasteiger partial charge in [0, 0.05) is 4.47 Å². The van der Waals surface area contributed by atoms with Crippen LogP contribution >= 0.6 is 15.9 Å². The molecule has 0 radical (unpaired) electrons. The van der Waals surface area contributed by atoms with Crippen LogP contribution in [0.25, 0.3) is 0 Å². The number of halogens is 1. The fraction of sp³-hybridized carbons (Fsp3) is 0.235. The molecule has 0 amide bonds. The highest BCUT2D eigenvalue weighted by molar-refractivity contribution is 9.10. The Morgan fingerprint density at radius 2 is 1.52 bits per heavy atom. The maximum atomic E-state index is 11.5. The van der Waals surface area contributed by atoms with Crippen LogP contribution in [0.5, 0.6) is 5.75 Å². The average molecular weight is 349 g/mol. The molecule has 0 aliphatic rings. The minimum Gasteiger partial charge on any atom is -0.497 e. The summed E-state index contributed by atoms with van der Waals surface area (Å²) in [5.41, 5.74) is 2.03. The van der Waals surface area contributed by atoms with Crippen LogP contribution in [-0.2, 0) is 17.6 Å². The fourth-order valence-corrected chi connectivity index (χ4v) is 2.46. The monoisotopic (exact) mass is 348 g/mol. The van der Waals surface area contributed by atoms with Gasteiger partial charge in [-0.15, -0.1) is 0 Å². The lowest BCUT2D eigenvalue weighted by molar-refractivity contribution is -0.141. The van der Waals surface area contributed by atoms with Gasteiger partial charge in [-0.05, 0) is 48.2 Å². The molecule has 21 heavy (non-hydrogen) atoms. The van der Waals surface area contributed by atoms with Gasteiger partial charge in [-0.3, -0.25) is 4.79 Å². The van der Waals surface area contributed by atoms with Gasteiger partial charge in [-0.25, -0.2) is 0 Å². The van der Waals surface area contributed by atoms with Gasteiger partial charge in [0.05, 0.1) is 13.0 Å². The van der Waals surface area contributed by atoms with E-state index < -0.39 is 11.9 Å². The second-order valence-electron chi connectivity index (χ2n) is 4.92. The molecular weight excluding hydrogens is 332 g/mol. The highest BCUT2D eigenvalue weighted by Crippen LogP contribution is 2.19. The van der Waals surface area contributed by atoms with Gasteiger partial charge in [0.25, 0.3) is 0 Å². The zero-order chi connectivity index (χ0) is 15.2. The third-order valence-electron chi connectivity index (χ3n) is 3.39. The van der Waals surface area contributed by atoms with Crippen molar-refractivity contribution in [2.24, 2.45) is 5.92 Å². The Labute approximate surface area is 132 Å². The predicted molar refractivity (Wildman–Crippen MR) is 85.7 cm³/mol. The summed E-state index contributed by atoms with van der Waals surface area (Å²) in [5, 5.41) is 9.42. The highest BCUT2D eigenvalue weighted by atomic mass is 79.9. The second-order valence-corrected chi connectivity index (χ2v) is 5.83. The molecule has 0 saturated heterocycles. The third-order valence-corrected chi connectivity index (χ3v) is 3.91. The molecule has 0 bridgehead atoms. The Morgan fingerprint density at radius 1 is 1.05 bits per heavy atom. The lowest BCUT2D eigenvalue weighted by Gasteiger charge is -2.13. The van der Waals surface area contributed by atoms with E-state index in [-0.39, 0.29) is 0 Å². The van der Waals surface area contributed by atoms with Gasteiger partial charge in [0.1, 0.15) is 5.75 Å². The first kappa shape index (κ1) is 15.6. The summed E-state index contributed by atoms with van der Waals surface area (Å²) in [6.07, 6.45) is 1.03. The van der Waals surface area contributed by atoms with Gasteiger partial charge >= 0.3 is 5.97 Å². The molecule has 1 atom stereocenters. The molecule has 2 rings (SSSR count). The molecule has 1 unspecified atom stereocenters. The number of carboxylic acid groups (broad SMARTS) is 1. The molecule has 2 aromatic carbocycles. The summed E-state index contributed by atoms with van der Waals surface area (Å²) in [7, 11) is 1.61. The standard InChI is InChI=1S/C17H17BrO3/c1-21-16-8-4-13(5-9-16)11-14(17(19)20)10-12-2-6-15(18)7-3-12/h2-9,14H,10-11H2,1H3,(H,19,20). The summed E-state index contributed by atoms with van der Waals surface area (Å²) in [6.45, 7) is 0. The van der Waals surface area contributed by atoms with Crippen molar-refractivity contribution in [2.75, 3.05) is 7.11 Å². The molecule has 2 aromatic rings. The van der Waals surface area contributed by atoms with E-state index in [1.807, 2.05) is 48.5 Å². The largest absolute Gasteiger partial charge is 0.497 e. The Hall–Kier alpha value is -1.81. The van der Waals surface area contributed by atoms with Crippen molar-refractivity contribution in [2.45, 2.75) is 12.8 Å². The van der Waals surface area contributed by atoms with Gasteiger partial charge in [0.15, 0.2) is 0 Å². The highest BCUT2D eigenvalue weighted by Gasteiger charge is 2.18. The lowest BCUT2D eigenvalue weighted by Crippen LogP contribution is -2.19. The molecular formula is C17H17BrO3. The molecule has 1 N–H and O–H groups in total. The smallest absolute Gasteiger partial charge is 0.307 e. The van der Waals surface area contributed by atoms with Crippen molar-refractivity contribution < 1.29 is 14.6 Å². The van der Waals surface area contributed by atoms with E-state index in [2.05, 4.69) is 15.9 Å². The molecule has 0 fully saturated rings. The Bertz CT molecular complexity index is 590. The number of carboxylic acids is 1. The van der Waals surface area contributed by atoms with E-state index >= 15 is 0 Å². The first-order chi connectivity index (χ1) is 10.1. The van der Waals surface area contributed by atoms with Gasteiger partial charge in [-0.2, -0.15) is 0 Å². The van der Waals surface area contributed by atoms with Crippen molar-refractivity contribution in [1.29, 1.82) is 0 Å². The van der Waals surface area contributed by atoms with Gasteiger partial charge in [0.2, 0.25) is 0 Å². The van der Waals surface area contributed by atoms with E-state index in [1.54, 1.807) is 7.11 Å². The molecule has 4 heteroatoms. The van der Waals surface area contributed by atoms with Crippen LogP contribution in [-0.4, -0.2) is 18.2 Å². The zero-order valence-electron chi connectivity index (χ0n) is 11.8. The first-order valence-corrected chi connectivity index (χ1v) is 7.48. The van der Waals surface area contributed by atoms with Crippen molar-refractivity contribution in [3.8, 4) is 5.75 Å². The van der Waals surface area contributed by atoms with Crippen molar-refractivity contribution in [3.63, 3.8) is 0 Å². The fourth-order valence-electron chi connectivity index (χ4n) is 2.20. The minimum absolute atomic E-state index is 0.431. The summed E-state index contributed by atoms with van der Waals surface area (Å²) in [5.74, 6) is -0.424. The third kappa shape index (κ3) is 4.60. The number of ether oxygens (including phenoxy) is 1. The summed E-state index contributed by atoms with van der Waals surface area (Å²) < 4.78 is 6.10. The summed E-state index contributed by atoms with van der Waals surface area (Å²) in [6, 6.07) is 15.3. The van der Waals surface area contributed by atoms with Crippen LogP contribution < -0.4 is 4.74 Å². The summed E-state index contributed by atoms with van der Waals surface area (Å²) >= 11 is 3.38. The van der Waals surface area contributed by atoms with Crippen LogP contribution in [0.3, 0.4) is 0 Å². The number of hydrogen-bond donors (Lipinski definition) is 1. The molecule has 0 heterocycles. The minimum atomic E-state index is -0.770. The maximum Gasteiger partial charge on any atom is 0.307 e. The van der Waals surface area contributed by atoms with E-state index in [0.29, 0.717) is 12.8 Å². The van der Waals surface area contributed by atoms with E-state index in [1.165, 1.54) is 0 Å². The number of aliphatic carboxylic acids is 1. The van der Waals surface area contributed by atoms with Crippen LogP contribution in [0.1, 0.15) is 11.1 Å². The summed E-state index contributed by atoms with van der Waals surface area (Å²) in [4.78, 5) is 11.5. The van der Waals surface area contributed by atoms with Crippen LogP contribution in [0.2, 0.25) is 0 Å². The maximum absolute atomic E-state index is 11.5. The molecule has 0 aliphatic heterocycles. The average Bonchev–Trinajstić information content (AvgIpc) is 2.49. The van der Waals surface area contributed by atoms with Gasteiger partial charge in [-0.1, -0.05) is 40.2 Å². The molecule has 0 spiro atoms. The Balaban J connectivity index is 2.07. The first-order valence-electron chi connectivity index (χ1n) is 6.68. The van der Waals surface area contributed by atoms with Crippen LogP contribution in [0.15, 0.2) is 53.0 Å². The quantitative estimate of drug-likeness (QED) is 0.859.